The Morgan fingerprint density at radius 3 is 2.56 bits per heavy atom. The zero-order chi connectivity index (χ0) is 18.4. The van der Waals surface area contributed by atoms with E-state index >= 15 is 0 Å². The molecule has 1 saturated carbocycles. The predicted molar refractivity (Wildman–Crippen MR) is 93.4 cm³/mol. The van der Waals surface area contributed by atoms with E-state index in [9.17, 15) is 9.59 Å². The topological polar surface area (TPSA) is 100 Å². The number of amides is 2. The van der Waals surface area contributed by atoms with Crippen molar-refractivity contribution in [2.75, 3.05) is 32.6 Å². The number of urea groups is 1. The monoisotopic (exact) mass is 351 g/mol. The third kappa shape index (κ3) is 4.99. The second kappa shape index (κ2) is 8.57. The van der Waals surface area contributed by atoms with Crippen LogP contribution in [0.15, 0.2) is 18.2 Å². The maximum atomic E-state index is 12.2. The maximum Gasteiger partial charge on any atom is 0.319 e. The number of benzene rings is 1. The lowest BCUT2D eigenvalue weighted by Gasteiger charge is -2.42. The van der Waals surface area contributed by atoms with Gasteiger partial charge in [0.25, 0.3) is 0 Å². The van der Waals surface area contributed by atoms with Gasteiger partial charge in [0, 0.05) is 18.2 Å². The van der Waals surface area contributed by atoms with Crippen LogP contribution in [0.1, 0.15) is 19.8 Å². The molecule has 1 aliphatic carbocycles. The lowest BCUT2D eigenvalue weighted by molar-refractivity contribution is -0.139. The fourth-order valence-electron chi connectivity index (χ4n) is 2.93. The molecule has 0 spiro atoms. The van der Waals surface area contributed by atoms with Gasteiger partial charge >= 0.3 is 12.0 Å². The summed E-state index contributed by atoms with van der Waals surface area (Å²) < 4.78 is 10.4. The molecule has 138 valence electrons. The Balaban J connectivity index is 1.85. The summed E-state index contributed by atoms with van der Waals surface area (Å²) in [5, 5.41) is 14.6. The Kier molecular flexibility index (Phi) is 6.46. The van der Waals surface area contributed by atoms with Gasteiger partial charge in [0.05, 0.1) is 26.5 Å². The van der Waals surface area contributed by atoms with Crippen LogP contribution in [-0.4, -0.2) is 61.4 Å². The Hall–Kier alpha value is -2.48. The molecule has 2 rings (SSSR count). The molecule has 0 atom stereocenters. The lowest BCUT2D eigenvalue weighted by atomic mass is 9.85. The van der Waals surface area contributed by atoms with Crippen molar-refractivity contribution in [2.45, 2.75) is 31.8 Å². The van der Waals surface area contributed by atoms with Gasteiger partial charge in [-0.3, -0.25) is 9.69 Å². The summed E-state index contributed by atoms with van der Waals surface area (Å²) in [5.41, 5.74) is 0.524. The quantitative estimate of drug-likeness (QED) is 0.660. The van der Waals surface area contributed by atoms with Crippen molar-refractivity contribution in [1.29, 1.82) is 0 Å². The normalized spacial score (nSPS) is 19.0. The van der Waals surface area contributed by atoms with Crippen molar-refractivity contribution in [2.24, 2.45) is 0 Å². The van der Waals surface area contributed by atoms with Crippen LogP contribution in [0.4, 0.5) is 10.5 Å². The van der Waals surface area contributed by atoms with Gasteiger partial charge < -0.3 is 25.2 Å². The van der Waals surface area contributed by atoms with Crippen LogP contribution in [0.5, 0.6) is 11.5 Å². The number of anilines is 1. The van der Waals surface area contributed by atoms with Crippen LogP contribution in [0.25, 0.3) is 0 Å². The van der Waals surface area contributed by atoms with E-state index in [0.29, 0.717) is 23.7 Å². The molecule has 0 radical (unpaired) electrons. The van der Waals surface area contributed by atoms with Crippen molar-refractivity contribution in [3.63, 3.8) is 0 Å². The lowest BCUT2D eigenvalue weighted by Crippen LogP contribution is -2.55. The predicted octanol–water partition coefficient (Wildman–Crippen LogP) is 1.76. The van der Waals surface area contributed by atoms with Gasteiger partial charge in [0.1, 0.15) is 11.5 Å². The highest BCUT2D eigenvalue weighted by Gasteiger charge is 2.34. The summed E-state index contributed by atoms with van der Waals surface area (Å²) in [6.07, 6.45) is 1.48. The molecule has 1 aromatic rings. The average Bonchev–Trinajstić information content (AvgIpc) is 2.55. The fourth-order valence-corrected chi connectivity index (χ4v) is 2.93. The molecule has 8 nitrogen and oxygen atoms in total. The van der Waals surface area contributed by atoms with Crippen LogP contribution in [-0.2, 0) is 4.79 Å². The van der Waals surface area contributed by atoms with Crippen LogP contribution in [0.3, 0.4) is 0 Å². The highest BCUT2D eigenvalue weighted by molar-refractivity contribution is 5.91. The van der Waals surface area contributed by atoms with Crippen LogP contribution < -0.4 is 20.1 Å². The third-order valence-corrected chi connectivity index (χ3v) is 4.36. The minimum Gasteiger partial charge on any atom is -0.497 e. The first-order valence-electron chi connectivity index (χ1n) is 8.22. The van der Waals surface area contributed by atoms with Gasteiger partial charge in [0.15, 0.2) is 0 Å². The van der Waals surface area contributed by atoms with Crippen molar-refractivity contribution in [3.8, 4) is 11.5 Å². The smallest absolute Gasteiger partial charge is 0.319 e. The van der Waals surface area contributed by atoms with Crippen LogP contribution in [0, 0.1) is 0 Å². The highest BCUT2D eigenvalue weighted by Crippen LogP contribution is 2.29. The number of hydrogen-bond acceptors (Lipinski definition) is 5. The zero-order valence-electron chi connectivity index (χ0n) is 14.7. The highest BCUT2D eigenvalue weighted by atomic mass is 16.5. The molecular formula is C17H25N3O5. The molecule has 0 unspecified atom stereocenters. The number of rotatable bonds is 8. The van der Waals surface area contributed by atoms with Crippen LogP contribution >= 0.6 is 0 Å². The Morgan fingerprint density at radius 2 is 2.00 bits per heavy atom. The molecule has 8 heteroatoms. The minimum absolute atomic E-state index is 0.0289. The second-order valence-electron chi connectivity index (χ2n) is 5.94. The van der Waals surface area contributed by atoms with E-state index in [4.69, 9.17) is 14.6 Å². The number of carboxylic acid groups (broad SMARTS) is 1. The average molecular weight is 351 g/mol. The Bertz CT molecular complexity index is 616. The molecule has 0 aromatic heterocycles. The van der Waals surface area contributed by atoms with Gasteiger partial charge in [-0.15, -0.1) is 0 Å². The number of hydrogen-bond donors (Lipinski definition) is 3. The summed E-state index contributed by atoms with van der Waals surface area (Å²) in [6.45, 7) is 2.64. The van der Waals surface area contributed by atoms with Gasteiger partial charge in [0.2, 0.25) is 0 Å². The van der Waals surface area contributed by atoms with E-state index < -0.39 is 5.97 Å². The summed E-state index contributed by atoms with van der Waals surface area (Å²) in [5.74, 6) is 0.328. The number of carboxylic acids is 1. The molecule has 1 aromatic carbocycles. The van der Waals surface area contributed by atoms with E-state index in [1.807, 2.05) is 11.8 Å². The summed E-state index contributed by atoms with van der Waals surface area (Å²) >= 11 is 0. The largest absolute Gasteiger partial charge is 0.497 e. The van der Waals surface area contributed by atoms with E-state index in [1.54, 1.807) is 25.3 Å². The molecule has 0 heterocycles. The number of nitrogens with one attached hydrogen (secondary N) is 2. The Labute approximate surface area is 147 Å². The SMILES string of the molecule is CCN(CC(=O)O)C1CC(NC(=O)Nc2cc(OC)ccc2OC)C1. The first-order valence-corrected chi connectivity index (χ1v) is 8.22. The first kappa shape index (κ1) is 18.9. The molecule has 1 fully saturated rings. The van der Waals surface area contributed by atoms with Crippen molar-refractivity contribution in [3.05, 3.63) is 18.2 Å². The van der Waals surface area contributed by atoms with E-state index in [-0.39, 0.29) is 24.7 Å². The summed E-state index contributed by atoms with van der Waals surface area (Å²) in [4.78, 5) is 24.9. The van der Waals surface area contributed by atoms with Gasteiger partial charge in [-0.25, -0.2) is 4.79 Å². The molecule has 1 aliphatic rings. The molecule has 0 bridgehead atoms. The second-order valence-corrected chi connectivity index (χ2v) is 5.94. The van der Waals surface area contributed by atoms with Crippen molar-refractivity contribution < 1.29 is 24.2 Å². The zero-order valence-corrected chi connectivity index (χ0v) is 14.7. The summed E-state index contributed by atoms with van der Waals surface area (Å²) in [6, 6.07) is 5.06. The number of methoxy groups -OCH3 is 2. The molecule has 2 amide bonds. The summed E-state index contributed by atoms with van der Waals surface area (Å²) in [7, 11) is 3.08. The number of ether oxygens (including phenoxy) is 2. The van der Waals surface area contributed by atoms with Crippen LogP contribution in [0.2, 0.25) is 0 Å². The van der Waals surface area contributed by atoms with E-state index in [1.165, 1.54) is 7.11 Å². The van der Waals surface area contributed by atoms with Gasteiger partial charge in [-0.1, -0.05) is 6.92 Å². The number of likely N-dealkylation sites (N-methyl/N-ethyl adjacent to an activating group) is 1. The van der Waals surface area contributed by atoms with Crippen molar-refractivity contribution in [1.82, 2.24) is 10.2 Å². The molecule has 3 N–H and O–H groups in total. The number of nitrogens with zero attached hydrogens (tertiary/aromatic N) is 1. The van der Waals surface area contributed by atoms with E-state index in [2.05, 4.69) is 10.6 Å². The van der Waals surface area contributed by atoms with E-state index in [0.717, 1.165) is 12.8 Å². The molecule has 0 aliphatic heterocycles. The molecule has 0 saturated heterocycles. The number of carbonyl (C=O) groups is 2. The number of carbonyl (C=O) groups excluding carboxylic acids is 1. The first-order chi connectivity index (χ1) is 12.0. The standard InChI is InChI=1S/C17H25N3O5/c1-4-20(10-16(21)22)12-7-11(8-12)18-17(23)19-14-9-13(24-2)5-6-15(14)25-3/h5-6,9,11-12H,4,7-8,10H2,1-3H3,(H,21,22)(H2,18,19,23). The molecule has 25 heavy (non-hydrogen) atoms. The maximum absolute atomic E-state index is 12.2. The van der Waals surface area contributed by atoms with Crippen molar-refractivity contribution >= 4 is 17.7 Å². The van der Waals surface area contributed by atoms with Gasteiger partial charge in [-0.05, 0) is 31.5 Å². The minimum atomic E-state index is -0.832. The fraction of sp³-hybridized carbons (Fsp3) is 0.529. The number of aliphatic carboxylic acids is 1. The van der Waals surface area contributed by atoms with Gasteiger partial charge in [-0.2, -0.15) is 0 Å². The third-order valence-electron chi connectivity index (χ3n) is 4.36. The molecular weight excluding hydrogens is 326 g/mol. The Morgan fingerprint density at radius 1 is 1.28 bits per heavy atom.